The van der Waals surface area contributed by atoms with Gasteiger partial charge in [0, 0.05) is 59.1 Å². The highest BCUT2D eigenvalue weighted by Gasteiger charge is 2.37. The third-order valence-electron chi connectivity index (χ3n) is 15.2. The maximum atomic E-state index is 14.3. The van der Waals surface area contributed by atoms with Crippen LogP contribution in [-0.2, 0) is 43.1 Å². The van der Waals surface area contributed by atoms with Crippen LogP contribution in [0.25, 0.3) is 0 Å². The average Bonchev–Trinajstić information content (AvgIpc) is 1.68. The number of rotatable bonds is 22. The number of benzodiazepines with no additional fused rings is 2. The van der Waals surface area contributed by atoms with E-state index in [9.17, 15) is 52.7 Å². The molecule has 0 bridgehead atoms. The second kappa shape index (κ2) is 33.2. The number of hydrogen-bond acceptors (Lipinski definition) is 15. The minimum atomic E-state index is -1.40. The van der Waals surface area contributed by atoms with E-state index in [1.807, 2.05) is 60.7 Å². The van der Waals surface area contributed by atoms with E-state index in [2.05, 4.69) is 47.4 Å². The Labute approximate surface area is 548 Å². The fraction of sp³-hybridized carbons (Fsp3) is 0.286. The van der Waals surface area contributed by atoms with E-state index in [4.69, 9.17) is 14.8 Å². The fourth-order valence-corrected chi connectivity index (χ4v) is 10.7. The number of ether oxygens (including phenoxy) is 1. The summed E-state index contributed by atoms with van der Waals surface area (Å²) < 4.78 is 5.49. The van der Waals surface area contributed by atoms with Crippen LogP contribution in [0.1, 0.15) is 102 Å². The second-order valence-electron chi connectivity index (χ2n) is 23.4. The smallest absolute Gasteiger partial charge is 0.335 e. The number of anilines is 2. The van der Waals surface area contributed by atoms with Gasteiger partial charge in [-0.25, -0.2) is 20.2 Å². The first-order valence-corrected chi connectivity index (χ1v) is 30.7. The first-order chi connectivity index (χ1) is 45.7. The molecule has 2 unspecified atom stereocenters. The van der Waals surface area contributed by atoms with Gasteiger partial charge in [0.2, 0.25) is 30.1 Å². The van der Waals surface area contributed by atoms with Crippen LogP contribution in [0.3, 0.4) is 0 Å². The molecular formula is C70H74N12O13. The van der Waals surface area contributed by atoms with Crippen LogP contribution in [-0.4, -0.2) is 145 Å². The summed E-state index contributed by atoms with van der Waals surface area (Å²) in [5, 5.41) is 28.9. The molecule has 25 nitrogen and oxygen atoms in total. The Balaban J connectivity index is 0.000000263. The average molecular weight is 1290 g/mol. The number of aliphatic imine (C=N–C) groups is 2. The number of carbonyl (C=O) groups excluding carboxylic acids is 10. The van der Waals surface area contributed by atoms with Crippen molar-refractivity contribution in [2.75, 3.05) is 36.5 Å². The highest BCUT2D eigenvalue weighted by Crippen LogP contribution is 2.31. The van der Waals surface area contributed by atoms with E-state index in [1.54, 1.807) is 137 Å². The van der Waals surface area contributed by atoms with Crippen molar-refractivity contribution < 1.29 is 62.6 Å². The summed E-state index contributed by atoms with van der Waals surface area (Å²) in [6.07, 6.45) is 0.929. The molecule has 1 saturated carbocycles. The number of aldehydes is 1. The Hall–Kier alpha value is -11.5. The molecule has 0 spiro atoms. The van der Waals surface area contributed by atoms with Crippen molar-refractivity contribution in [1.29, 1.82) is 0 Å². The topological polar surface area (TPSA) is 345 Å². The van der Waals surface area contributed by atoms with Crippen molar-refractivity contribution in [1.82, 2.24) is 37.3 Å². The highest BCUT2D eigenvalue weighted by atomic mass is 16.6. The van der Waals surface area contributed by atoms with Crippen molar-refractivity contribution in [3.8, 4) is 0 Å². The monoisotopic (exact) mass is 1290 g/mol. The number of nitrogens with zero attached hydrogens (tertiary/aromatic N) is 5. The largest absolute Gasteiger partial charge is 0.481 e. The summed E-state index contributed by atoms with van der Waals surface area (Å²) >= 11 is 0. The standard InChI is InChI=1S/C42H50N8O7.C28H24N4O6/c1-42(2,3)57-35(52)23-31(25-45-49-41(56)44-24-27-19-21-30(22-20-27)38(53)43-4)46-34(51)26-50-33-18-12-11-17-32(33)36(28-13-7-5-8-14-28)47-37(40(50)55)48-39(54)29-15-9-6-10-16-29;33-17-20(15-24(35)36)29-23(34)16-32-22-14-8-7-13-21(22)25(18-9-3-1-4-10-18)30-26(28(32)38)31-27(37)19-11-5-2-6-12-19/h5-18,25,27,30-31,37H,19-24,26H2,1-4H3,(H,43,53)(H,46,51)(H,48,54)(H2,44,49,56);1-14,17,20,26H,15-16H2,(H,29,34)(H,31,37)(H,35,36)/b45-25+;/t27?,30?,31-,37?;20-,26?/m00/s1. The molecule has 1 aliphatic carbocycles. The third-order valence-corrected chi connectivity index (χ3v) is 15.2. The van der Waals surface area contributed by atoms with Crippen molar-refractivity contribution in [3.05, 3.63) is 203 Å². The van der Waals surface area contributed by atoms with Crippen molar-refractivity contribution in [3.63, 3.8) is 0 Å². The van der Waals surface area contributed by atoms with E-state index in [-0.39, 0.29) is 24.2 Å². The lowest BCUT2D eigenvalue weighted by molar-refractivity contribution is -0.155. The quantitative estimate of drug-likeness (QED) is 0.0181. The first kappa shape index (κ1) is 69.4. The minimum absolute atomic E-state index is 0.0176. The lowest BCUT2D eigenvalue weighted by Gasteiger charge is -2.27. The molecule has 6 aromatic carbocycles. The van der Waals surface area contributed by atoms with Crippen LogP contribution in [0.15, 0.2) is 185 Å². The molecule has 1 fully saturated rings. The number of carboxylic acids is 1. The molecule has 0 radical (unpaired) electrons. The summed E-state index contributed by atoms with van der Waals surface area (Å²) in [5.41, 5.74) is 6.35. The number of esters is 1. The van der Waals surface area contributed by atoms with Crippen LogP contribution in [0.2, 0.25) is 0 Å². The van der Waals surface area contributed by atoms with Crippen LogP contribution in [0, 0.1) is 11.8 Å². The maximum Gasteiger partial charge on any atom is 0.335 e. The lowest BCUT2D eigenvalue weighted by Crippen LogP contribution is -2.51. The summed E-state index contributed by atoms with van der Waals surface area (Å²) in [6.45, 7) is 4.49. The number of para-hydroxylation sites is 2. The van der Waals surface area contributed by atoms with Gasteiger partial charge in [0.25, 0.3) is 23.6 Å². The number of amides is 9. The molecule has 9 amide bonds. The summed E-state index contributed by atoms with van der Waals surface area (Å²) in [5.74, 6) is -5.46. The molecule has 8 N–H and O–H groups in total. The van der Waals surface area contributed by atoms with E-state index in [1.165, 1.54) is 16.0 Å². The number of aliphatic carboxylic acids is 1. The number of carbonyl (C=O) groups is 11. The lowest BCUT2D eigenvalue weighted by atomic mass is 9.81. The number of hydrogen-bond donors (Lipinski definition) is 8. The Morgan fingerprint density at radius 3 is 1.46 bits per heavy atom. The van der Waals surface area contributed by atoms with E-state index >= 15 is 0 Å². The molecule has 2 aliphatic heterocycles. The number of urea groups is 1. The molecule has 3 aliphatic rings. The Bertz CT molecular complexity index is 3860. The van der Waals surface area contributed by atoms with Crippen molar-refractivity contribution in [2.24, 2.45) is 26.9 Å². The van der Waals surface area contributed by atoms with E-state index in [0.29, 0.717) is 69.0 Å². The summed E-state index contributed by atoms with van der Waals surface area (Å²) in [4.78, 5) is 153. The Morgan fingerprint density at radius 1 is 0.600 bits per heavy atom. The molecule has 4 atom stereocenters. The van der Waals surface area contributed by atoms with Crippen LogP contribution in [0.4, 0.5) is 16.2 Å². The number of hydrazone groups is 1. The third kappa shape index (κ3) is 19.8. The zero-order chi connectivity index (χ0) is 68.0. The van der Waals surface area contributed by atoms with Gasteiger partial charge in [-0.15, -0.1) is 0 Å². The number of fused-ring (bicyclic) bond motifs is 2. The zero-order valence-electron chi connectivity index (χ0n) is 52.7. The molecule has 492 valence electrons. The molecule has 25 heteroatoms. The number of carboxylic acid groups (broad SMARTS) is 1. The SMILES string of the molecule is CNC(=O)C1CCC(CNC(=O)N/N=C/[C@H](CC(=O)OC(C)(C)C)NC(=O)CN2C(=O)C(NC(=O)c3ccccc3)N=C(c3ccccc3)c3ccccc32)CC1.O=C[C@H](CC(=O)O)NC(=O)CN1C(=O)C(NC(=O)c2ccccc2)N=C(c2ccccc2)c2ccccc21. The van der Waals surface area contributed by atoms with Crippen molar-refractivity contribution >= 4 is 94.6 Å². The van der Waals surface area contributed by atoms with Gasteiger partial charge in [0.15, 0.2) is 0 Å². The Morgan fingerprint density at radius 2 is 1.03 bits per heavy atom. The van der Waals surface area contributed by atoms with Crippen LogP contribution < -0.4 is 47.1 Å². The molecule has 0 aromatic heterocycles. The summed E-state index contributed by atoms with van der Waals surface area (Å²) in [6, 6.07) is 46.0. The van der Waals surface area contributed by atoms with Crippen molar-refractivity contribution in [2.45, 2.75) is 89.3 Å². The molecule has 95 heavy (non-hydrogen) atoms. The van der Waals surface area contributed by atoms with Gasteiger partial charge in [-0.2, -0.15) is 5.10 Å². The molecule has 6 aromatic rings. The van der Waals surface area contributed by atoms with Gasteiger partial charge in [-0.3, -0.25) is 53.0 Å². The van der Waals surface area contributed by atoms with Gasteiger partial charge in [-0.1, -0.05) is 133 Å². The number of nitrogens with one attached hydrogen (secondary N) is 7. The van der Waals surface area contributed by atoms with Gasteiger partial charge < -0.3 is 46.5 Å². The molecule has 2 heterocycles. The fourth-order valence-electron chi connectivity index (χ4n) is 10.7. The number of benzene rings is 6. The highest BCUT2D eigenvalue weighted by molar-refractivity contribution is 6.22. The van der Waals surface area contributed by atoms with Gasteiger partial charge in [0.1, 0.15) is 25.0 Å². The predicted octanol–water partition coefficient (Wildman–Crippen LogP) is 5.47. The second-order valence-corrected chi connectivity index (χ2v) is 23.4. The normalized spacial score (nSPS) is 17.3. The van der Waals surface area contributed by atoms with Crippen LogP contribution >= 0.6 is 0 Å². The first-order valence-electron chi connectivity index (χ1n) is 30.7. The Kier molecular flexibility index (Phi) is 24.2. The zero-order valence-corrected chi connectivity index (χ0v) is 52.7. The van der Waals surface area contributed by atoms with Gasteiger partial charge >= 0.3 is 18.0 Å². The van der Waals surface area contributed by atoms with Gasteiger partial charge in [0.05, 0.1) is 47.7 Å². The van der Waals surface area contributed by atoms with E-state index in [0.717, 1.165) is 25.7 Å². The van der Waals surface area contributed by atoms with E-state index < -0.39 is 103 Å². The van der Waals surface area contributed by atoms with Crippen LogP contribution in [0.5, 0.6) is 0 Å². The minimum Gasteiger partial charge on any atom is -0.481 e. The van der Waals surface area contributed by atoms with Gasteiger partial charge in [-0.05, 0) is 88.8 Å². The summed E-state index contributed by atoms with van der Waals surface area (Å²) in [7, 11) is 1.63. The molecule has 9 rings (SSSR count). The predicted molar refractivity (Wildman–Crippen MR) is 354 cm³/mol. The maximum absolute atomic E-state index is 14.3. The molecular weight excluding hydrogens is 1220 g/mol. The molecule has 0 saturated heterocycles.